The molecule has 0 saturated carbocycles. The van der Waals surface area contributed by atoms with Gasteiger partial charge in [0.15, 0.2) is 17.7 Å². The first-order chi connectivity index (χ1) is 7.33. The smallest absolute Gasteiger partial charge is 0.435 e. The van der Waals surface area contributed by atoms with E-state index in [1.54, 1.807) is 0 Å². The van der Waals surface area contributed by atoms with Crippen molar-refractivity contribution in [1.82, 2.24) is 4.98 Å². The highest BCUT2D eigenvalue weighted by molar-refractivity contribution is 5.72. The van der Waals surface area contributed by atoms with E-state index < -0.39 is 36.7 Å². The zero-order valence-electron chi connectivity index (χ0n) is 7.42. The maximum atomic E-state index is 12.2. The van der Waals surface area contributed by atoms with Crippen LogP contribution in [0, 0.1) is 0 Å². The number of carbonyl (C=O) groups is 1. The molecule has 1 heterocycles. The predicted molar refractivity (Wildman–Crippen MR) is 37.7 cm³/mol. The second kappa shape index (κ2) is 4.56. The van der Waals surface area contributed by atoms with E-state index >= 15 is 0 Å². The molecule has 1 rings (SSSR count). The molecule has 1 aromatic heterocycles. The number of rotatable bonds is 4. The molecule has 0 bridgehead atoms. The third-order valence-electron chi connectivity index (χ3n) is 1.40. The molecule has 0 amide bonds. The van der Waals surface area contributed by atoms with Crippen LogP contribution in [0.5, 0.6) is 0 Å². The Labute approximate surface area is 85.0 Å². The van der Waals surface area contributed by atoms with Gasteiger partial charge >= 0.3 is 6.36 Å². The van der Waals surface area contributed by atoms with Crippen LogP contribution in [0.4, 0.5) is 22.0 Å². The number of oxazole rings is 1. The summed E-state index contributed by atoms with van der Waals surface area (Å²) in [7, 11) is 0. The highest BCUT2D eigenvalue weighted by Gasteiger charge is 2.30. The summed E-state index contributed by atoms with van der Waals surface area (Å²) in [6.07, 6.45) is -8.10. The third kappa shape index (κ3) is 3.26. The predicted octanol–water partition coefficient (Wildman–Crippen LogP) is 2.46. The molecule has 90 valence electrons. The molecule has 9 heteroatoms. The minimum atomic E-state index is -4.93. The zero-order valence-corrected chi connectivity index (χ0v) is 7.42. The summed E-state index contributed by atoms with van der Waals surface area (Å²) in [5.74, 6) is -1.55. The fourth-order valence-electron chi connectivity index (χ4n) is 0.838. The van der Waals surface area contributed by atoms with Gasteiger partial charge in [0.05, 0.1) is 0 Å². The van der Waals surface area contributed by atoms with Gasteiger partial charge < -0.3 is 4.42 Å². The van der Waals surface area contributed by atoms with Crippen LogP contribution in [0.1, 0.15) is 28.6 Å². The van der Waals surface area contributed by atoms with Crippen LogP contribution >= 0.6 is 0 Å². The van der Waals surface area contributed by atoms with E-state index in [0.29, 0.717) is 0 Å². The molecule has 0 spiro atoms. The van der Waals surface area contributed by atoms with Crippen LogP contribution in [-0.4, -0.2) is 17.6 Å². The summed E-state index contributed by atoms with van der Waals surface area (Å²) in [4.78, 5) is 13.2. The molecule has 0 aromatic carbocycles. The number of aromatic nitrogens is 1. The molecule has 0 saturated heterocycles. The van der Waals surface area contributed by atoms with E-state index in [-0.39, 0.29) is 6.29 Å². The number of hydrogen-bond acceptors (Lipinski definition) is 4. The lowest BCUT2D eigenvalue weighted by Crippen LogP contribution is -2.13. The van der Waals surface area contributed by atoms with Gasteiger partial charge in [-0.15, -0.1) is 13.2 Å². The van der Waals surface area contributed by atoms with Crippen molar-refractivity contribution in [3.8, 4) is 0 Å². The van der Waals surface area contributed by atoms with E-state index in [4.69, 9.17) is 0 Å². The topological polar surface area (TPSA) is 52.3 Å². The Hall–Kier alpha value is -1.51. The molecule has 0 atom stereocenters. The van der Waals surface area contributed by atoms with Gasteiger partial charge in [-0.25, -0.2) is 13.8 Å². The van der Waals surface area contributed by atoms with Gasteiger partial charge in [-0.1, -0.05) is 0 Å². The second-order valence-electron chi connectivity index (χ2n) is 2.51. The van der Waals surface area contributed by atoms with Crippen molar-refractivity contribution in [1.29, 1.82) is 0 Å². The maximum Gasteiger partial charge on any atom is 0.523 e. The molecule has 0 unspecified atom stereocenters. The van der Waals surface area contributed by atoms with E-state index in [1.165, 1.54) is 0 Å². The van der Waals surface area contributed by atoms with Crippen molar-refractivity contribution >= 4 is 6.29 Å². The van der Waals surface area contributed by atoms with Gasteiger partial charge in [-0.3, -0.25) is 9.53 Å². The highest BCUT2D eigenvalue weighted by atomic mass is 19.4. The van der Waals surface area contributed by atoms with Gasteiger partial charge in [-0.05, 0) is 0 Å². The molecule has 0 radical (unpaired) electrons. The number of halogens is 5. The summed E-state index contributed by atoms with van der Waals surface area (Å²) >= 11 is 0. The summed E-state index contributed by atoms with van der Waals surface area (Å²) in [6, 6.07) is 0. The average Bonchev–Trinajstić information content (AvgIpc) is 2.56. The number of carbonyl (C=O) groups excluding carboxylic acids is 1. The summed E-state index contributed by atoms with van der Waals surface area (Å²) in [6.45, 7) is -1.17. The first kappa shape index (κ1) is 12.6. The highest BCUT2D eigenvalue weighted by Crippen LogP contribution is 2.24. The molecule has 4 nitrogen and oxygen atoms in total. The lowest BCUT2D eigenvalue weighted by molar-refractivity contribution is -0.332. The number of nitrogens with zero attached hydrogens (tertiary/aromatic N) is 1. The Bertz CT molecular complexity index is 373. The van der Waals surface area contributed by atoms with Crippen LogP contribution in [0.25, 0.3) is 0 Å². The Kier molecular flexibility index (Phi) is 3.58. The van der Waals surface area contributed by atoms with Crippen molar-refractivity contribution in [3.63, 3.8) is 0 Å². The minimum Gasteiger partial charge on any atom is -0.435 e. The van der Waals surface area contributed by atoms with E-state index in [0.717, 1.165) is 0 Å². The number of aldehydes is 1. The molecule has 0 fully saturated rings. The van der Waals surface area contributed by atoms with Crippen molar-refractivity contribution < 1.29 is 35.9 Å². The number of ether oxygens (including phenoxy) is 1. The van der Waals surface area contributed by atoms with Gasteiger partial charge in [0.1, 0.15) is 6.61 Å². The van der Waals surface area contributed by atoms with E-state index in [2.05, 4.69) is 14.1 Å². The van der Waals surface area contributed by atoms with Gasteiger partial charge in [-0.2, -0.15) is 0 Å². The quantitative estimate of drug-likeness (QED) is 0.604. The molecular formula is C7H4F5NO3. The Morgan fingerprint density at radius 3 is 2.44 bits per heavy atom. The van der Waals surface area contributed by atoms with Crippen molar-refractivity contribution in [3.05, 3.63) is 17.3 Å². The minimum absolute atomic E-state index is 0.0639. The van der Waals surface area contributed by atoms with E-state index in [9.17, 15) is 26.7 Å². The fourth-order valence-corrected chi connectivity index (χ4v) is 0.838. The zero-order chi connectivity index (χ0) is 12.3. The summed E-state index contributed by atoms with van der Waals surface area (Å²) in [5.41, 5.74) is -1.00. The molecule has 0 aliphatic heterocycles. The van der Waals surface area contributed by atoms with Gasteiger partial charge in [0, 0.05) is 0 Å². The van der Waals surface area contributed by atoms with Gasteiger partial charge in [0.25, 0.3) is 6.43 Å². The van der Waals surface area contributed by atoms with Crippen molar-refractivity contribution in [2.24, 2.45) is 0 Å². The van der Waals surface area contributed by atoms with Crippen molar-refractivity contribution in [2.45, 2.75) is 19.4 Å². The fraction of sp³-hybridized carbons (Fsp3) is 0.429. The first-order valence-electron chi connectivity index (χ1n) is 3.77. The van der Waals surface area contributed by atoms with E-state index in [1.807, 2.05) is 0 Å². The standard InChI is InChI=1S/C7H4F5NO3/c8-6(9)5-3(1-14)16-4(13-5)2-15-7(10,11)12/h1,6H,2H2. The van der Waals surface area contributed by atoms with Crippen LogP contribution in [0.2, 0.25) is 0 Å². The summed E-state index contributed by atoms with van der Waals surface area (Å²) in [5, 5.41) is 0. The third-order valence-corrected chi connectivity index (χ3v) is 1.40. The Morgan fingerprint density at radius 1 is 1.44 bits per heavy atom. The van der Waals surface area contributed by atoms with Crippen LogP contribution in [-0.2, 0) is 11.3 Å². The molecule has 0 N–H and O–H groups in total. The van der Waals surface area contributed by atoms with Gasteiger partial charge in [0.2, 0.25) is 5.89 Å². The average molecular weight is 245 g/mol. The van der Waals surface area contributed by atoms with Crippen LogP contribution in [0.15, 0.2) is 4.42 Å². The largest absolute Gasteiger partial charge is 0.523 e. The number of alkyl halides is 5. The van der Waals surface area contributed by atoms with Crippen molar-refractivity contribution in [2.75, 3.05) is 0 Å². The first-order valence-corrected chi connectivity index (χ1v) is 3.77. The maximum absolute atomic E-state index is 12.2. The second-order valence-corrected chi connectivity index (χ2v) is 2.51. The normalized spacial score (nSPS) is 12.1. The lowest BCUT2D eigenvalue weighted by Gasteiger charge is -2.03. The Balaban J connectivity index is 2.79. The molecule has 1 aromatic rings. The molecular weight excluding hydrogens is 241 g/mol. The molecule has 16 heavy (non-hydrogen) atoms. The summed E-state index contributed by atoms with van der Waals surface area (Å²) < 4.78 is 66.7. The SMILES string of the molecule is O=Cc1oc(COC(F)(F)F)nc1C(F)F. The van der Waals surface area contributed by atoms with Crippen LogP contribution < -0.4 is 0 Å². The molecule has 0 aliphatic rings. The Morgan fingerprint density at radius 2 is 2.06 bits per heavy atom. The number of hydrogen-bond donors (Lipinski definition) is 0. The van der Waals surface area contributed by atoms with Crippen LogP contribution in [0.3, 0.4) is 0 Å². The molecule has 0 aliphatic carbocycles. The monoisotopic (exact) mass is 245 g/mol. The lowest BCUT2D eigenvalue weighted by atomic mass is 10.4.